The van der Waals surface area contributed by atoms with Crippen LogP contribution in [0.1, 0.15) is 30.0 Å². The van der Waals surface area contributed by atoms with E-state index in [-0.39, 0.29) is 30.9 Å². The number of halogens is 3. The Balaban J connectivity index is 0.00000144. The van der Waals surface area contributed by atoms with Gasteiger partial charge >= 0.3 is 0 Å². The molecular formula is C17H27Cl3N2O2. The molecule has 24 heavy (non-hydrogen) atoms. The van der Waals surface area contributed by atoms with E-state index in [4.69, 9.17) is 16.3 Å². The molecule has 2 aliphatic heterocycles. The average molecular weight is 398 g/mol. The summed E-state index contributed by atoms with van der Waals surface area (Å²) in [7, 11) is 0. The standard InChI is InChI=1S/C17H25ClN2O2.2ClH/c1-12-10-14(18)11-15(17(12)21)16(13-2-8-22-9-3-13)20-6-4-19-5-7-20;;/h10-11,13,16,19,21H,2-9H2,1H3;2*1H/t16-;;/m0../s1. The van der Waals surface area contributed by atoms with Crippen LogP contribution in [0.5, 0.6) is 5.75 Å². The summed E-state index contributed by atoms with van der Waals surface area (Å²) < 4.78 is 5.53. The highest BCUT2D eigenvalue weighted by Gasteiger charge is 2.33. The van der Waals surface area contributed by atoms with Crippen LogP contribution in [0.3, 0.4) is 0 Å². The van der Waals surface area contributed by atoms with Crippen molar-refractivity contribution in [3.05, 3.63) is 28.3 Å². The van der Waals surface area contributed by atoms with Crippen molar-refractivity contribution in [3.63, 3.8) is 0 Å². The third-order valence-corrected chi connectivity index (χ3v) is 5.09. The lowest BCUT2D eigenvalue weighted by molar-refractivity contribution is 0.0206. The molecule has 3 rings (SSSR count). The molecule has 7 heteroatoms. The number of phenolic OH excluding ortho intramolecular Hbond substituents is 1. The third-order valence-electron chi connectivity index (χ3n) is 4.87. The summed E-state index contributed by atoms with van der Waals surface area (Å²) in [5.41, 5.74) is 1.84. The zero-order valence-electron chi connectivity index (χ0n) is 14.0. The fourth-order valence-corrected chi connectivity index (χ4v) is 4.01. The second-order valence-electron chi connectivity index (χ2n) is 6.34. The first-order valence-electron chi connectivity index (χ1n) is 8.18. The largest absolute Gasteiger partial charge is 0.507 e. The molecular weight excluding hydrogens is 371 g/mol. The fourth-order valence-electron chi connectivity index (χ4n) is 3.73. The molecule has 0 spiro atoms. The van der Waals surface area contributed by atoms with Crippen LogP contribution >= 0.6 is 36.4 Å². The summed E-state index contributed by atoms with van der Waals surface area (Å²) in [5.74, 6) is 0.912. The Morgan fingerprint density at radius 1 is 1.21 bits per heavy atom. The van der Waals surface area contributed by atoms with Gasteiger partial charge in [0.25, 0.3) is 0 Å². The number of hydrogen-bond acceptors (Lipinski definition) is 4. The van der Waals surface area contributed by atoms with E-state index in [1.165, 1.54) is 0 Å². The first-order chi connectivity index (χ1) is 10.7. The molecule has 138 valence electrons. The van der Waals surface area contributed by atoms with E-state index in [9.17, 15) is 5.11 Å². The van der Waals surface area contributed by atoms with Crippen LogP contribution < -0.4 is 5.32 Å². The molecule has 0 aliphatic carbocycles. The van der Waals surface area contributed by atoms with Gasteiger partial charge in [0, 0.05) is 56.0 Å². The van der Waals surface area contributed by atoms with Crippen LogP contribution in [0.2, 0.25) is 5.02 Å². The molecule has 2 N–H and O–H groups in total. The van der Waals surface area contributed by atoms with Gasteiger partial charge in [0.15, 0.2) is 0 Å². The van der Waals surface area contributed by atoms with E-state index in [0.29, 0.717) is 16.7 Å². The lowest BCUT2D eigenvalue weighted by Crippen LogP contribution is -2.47. The van der Waals surface area contributed by atoms with Crippen LogP contribution in [-0.2, 0) is 4.74 Å². The smallest absolute Gasteiger partial charge is 0.123 e. The number of rotatable bonds is 3. The molecule has 4 nitrogen and oxygen atoms in total. The van der Waals surface area contributed by atoms with Gasteiger partial charge in [-0.3, -0.25) is 4.90 Å². The maximum Gasteiger partial charge on any atom is 0.123 e. The number of phenols is 1. The molecule has 1 aromatic rings. The number of benzene rings is 1. The maximum absolute atomic E-state index is 10.6. The van der Waals surface area contributed by atoms with Gasteiger partial charge in [-0.05, 0) is 43.4 Å². The van der Waals surface area contributed by atoms with Gasteiger partial charge in [0.2, 0.25) is 0 Å². The lowest BCUT2D eigenvalue weighted by atomic mass is 9.84. The normalized spacial score (nSPS) is 20.8. The Labute approximate surface area is 161 Å². The second-order valence-corrected chi connectivity index (χ2v) is 6.78. The van der Waals surface area contributed by atoms with E-state index in [1.807, 2.05) is 19.1 Å². The Morgan fingerprint density at radius 3 is 2.46 bits per heavy atom. The van der Waals surface area contributed by atoms with E-state index in [1.54, 1.807) is 0 Å². The summed E-state index contributed by atoms with van der Waals surface area (Å²) in [6.07, 6.45) is 2.08. The average Bonchev–Trinajstić information content (AvgIpc) is 2.54. The monoisotopic (exact) mass is 396 g/mol. The molecule has 2 heterocycles. The number of nitrogens with zero attached hydrogens (tertiary/aromatic N) is 1. The highest BCUT2D eigenvalue weighted by atomic mass is 35.5. The summed E-state index contributed by atoms with van der Waals surface area (Å²) in [6, 6.07) is 4.01. The van der Waals surface area contributed by atoms with Crippen LogP contribution in [-0.4, -0.2) is 49.4 Å². The number of aromatic hydroxyl groups is 1. The molecule has 2 aliphatic rings. The van der Waals surface area contributed by atoms with Gasteiger partial charge in [-0.25, -0.2) is 0 Å². The number of ether oxygens (including phenoxy) is 1. The van der Waals surface area contributed by atoms with E-state index in [2.05, 4.69) is 10.2 Å². The van der Waals surface area contributed by atoms with Crippen molar-refractivity contribution in [1.82, 2.24) is 10.2 Å². The minimum absolute atomic E-state index is 0. The predicted octanol–water partition coefficient (Wildman–Crippen LogP) is 3.57. The zero-order valence-corrected chi connectivity index (χ0v) is 16.4. The molecule has 1 aromatic carbocycles. The number of aryl methyl sites for hydroxylation is 1. The van der Waals surface area contributed by atoms with Gasteiger partial charge in [-0.1, -0.05) is 11.6 Å². The second kappa shape index (κ2) is 10.0. The predicted molar refractivity (Wildman–Crippen MR) is 103 cm³/mol. The molecule has 1 atom stereocenters. The van der Waals surface area contributed by atoms with Crippen molar-refractivity contribution in [2.75, 3.05) is 39.4 Å². The van der Waals surface area contributed by atoms with Crippen molar-refractivity contribution >= 4 is 36.4 Å². The van der Waals surface area contributed by atoms with Crippen molar-refractivity contribution in [3.8, 4) is 5.75 Å². The Hall–Kier alpha value is -0.230. The molecule has 0 aromatic heterocycles. The molecule has 0 amide bonds. The SMILES string of the molecule is Cc1cc(Cl)cc([C@H](C2CCOCC2)N2CCNCC2)c1O.Cl.Cl. The first-order valence-corrected chi connectivity index (χ1v) is 8.56. The van der Waals surface area contributed by atoms with Crippen molar-refractivity contribution in [1.29, 1.82) is 0 Å². The molecule has 0 saturated carbocycles. The quantitative estimate of drug-likeness (QED) is 0.818. The zero-order chi connectivity index (χ0) is 15.5. The highest BCUT2D eigenvalue weighted by Crippen LogP contribution is 2.41. The van der Waals surface area contributed by atoms with Gasteiger partial charge in [0.1, 0.15) is 5.75 Å². The molecule has 0 bridgehead atoms. The molecule has 0 radical (unpaired) electrons. The fraction of sp³-hybridized carbons (Fsp3) is 0.647. The Kier molecular flexibility index (Phi) is 9.13. The lowest BCUT2D eigenvalue weighted by Gasteiger charge is -2.41. The summed E-state index contributed by atoms with van der Waals surface area (Å²) >= 11 is 6.28. The Morgan fingerprint density at radius 2 is 1.83 bits per heavy atom. The minimum Gasteiger partial charge on any atom is -0.507 e. The topological polar surface area (TPSA) is 44.7 Å². The first kappa shape index (κ1) is 21.8. The molecule has 0 unspecified atom stereocenters. The minimum atomic E-state index is 0. The number of hydrogen-bond donors (Lipinski definition) is 2. The van der Waals surface area contributed by atoms with Crippen molar-refractivity contribution in [2.24, 2.45) is 5.92 Å². The van der Waals surface area contributed by atoms with Crippen LogP contribution in [0.15, 0.2) is 12.1 Å². The van der Waals surface area contributed by atoms with Gasteiger partial charge in [-0.15, -0.1) is 24.8 Å². The summed E-state index contributed by atoms with van der Waals surface area (Å²) in [4.78, 5) is 2.50. The third kappa shape index (κ3) is 4.90. The van der Waals surface area contributed by atoms with Gasteiger partial charge in [0.05, 0.1) is 0 Å². The molecule has 2 fully saturated rings. The van der Waals surface area contributed by atoms with Crippen LogP contribution in [0.25, 0.3) is 0 Å². The van der Waals surface area contributed by atoms with Crippen molar-refractivity contribution in [2.45, 2.75) is 25.8 Å². The molecule has 2 saturated heterocycles. The van der Waals surface area contributed by atoms with Crippen LogP contribution in [0.4, 0.5) is 0 Å². The highest BCUT2D eigenvalue weighted by molar-refractivity contribution is 6.30. The Bertz CT molecular complexity index is 501. The van der Waals surface area contributed by atoms with Gasteiger partial charge in [-0.2, -0.15) is 0 Å². The van der Waals surface area contributed by atoms with E-state index in [0.717, 1.165) is 63.4 Å². The number of nitrogens with one attached hydrogen (secondary N) is 1. The van der Waals surface area contributed by atoms with Gasteiger partial charge < -0.3 is 15.2 Å². The summed E-state index contributed by atoms with van der Waals surface area (Å²) in [6.45, 7) is 7.56. The maximum atomic E-state index is 10.6. The van der Waals surface area contributed by atoms with Crippen molar-refractivity contribution < 1.29 is 9.84 Å². The van der Waals surface area contributed by atoms with Crippen LogP contribution in [0, 0.1) is 12.8 Å². The summed E-state index contributed by atoms with van der Waals surface area (Å²) in [5, 5.41) is 14.7. The van der Waals surface area contributed by atoms with E-state index < -0.39 is 0 Å². The van der Waals surface area contributed by atoms with E-state index >= 15 is 0 Å². The number of piperazine rings is 1.